The Bertz CT molecular complexity index is 809. The predicted molar refractivity (Wildman–Crippen MR) is 81.9 cm³/mol. The van der Waals surface area contributed by atoms with Gasteiger partial charge < -0.3 is 9.47 Å². The van der Waals surface area contributed by atoms with Gasteiger partial charge in [-0.15, -0.1) is 11.3 Å². The first kappa shape index (κ1) is 14.3. The quantitative estimate of drug-likeness (QED) is 0.809. The van der Waals surface area contributed by atoms with Crippen LogP contribution in [0.25, 0.3) is 0 Å². The van der Waals surface area contributed by atoms with E-state index in [-0.39, 0.29) is 16.5 Å². The Morgan fingerprint density at radius 2 is 2.10 bits per heavy atom. The van der Waals surface area contributed by atoms with Crippen LogP contribution in [0.5, 0.6) is 0 Å². The SMILES string of the molecule is Cc1ncc(C(=O)N2Cc3c(C)c(Cl)c(=O)n(C)c3C2)s1. The molecule has 1 amide bonds. The highest BCUT2D eigenvalue weighted by Gasteiger charge is 2.30. The number of carbonyl (C=O) groups is 1. The van der Waals surface area contributed by atoms with Gasteiger partial charge >= 0.3 is 0 Å². The first-order valence-corrected chi connectivity index (χ1v) is 7.68. The van der Waals surface area contributed by atoms with Crippen LogP contribution in [-0.2, 0) is 20.1 Å². The van der Waals surface area contributed by atoms with E-state index in [1.165, 1.54) is 15.9 Å². The van der Waals surface area contributed by atoms with Gasteiger partial charge in [0.05, 0.1) is 17.7 Å². The van der Waals surface area contributed by atoms with E-state index in [1.807, 2.05) is 13.8 Å². The van der Waals surface area contributed by atoms with Crippen molar-refractivity contribution in [3.63, 3.8) is 0 Å². The molecular weight excluding hydrogens is 310 g/mol. The molecule has 0 aromatic carbocycles. The maximum atomic E-state index is 12.5. The van der Waals surface area contributed by atoms with E-state index in [2.05, 4.69) is 4.98 Å². The van der Waals surface area contributed by atoms with Crippen molar-refractivity contribution in [2.24, 2.45) is 7.05 Å². The number of carbonyl (C=O) groups excluding carboxylic acids is 1. The Hall–Kier alpha value is -1.66. The zero-order valence-electron chi connectivity index (χ0n) is 11.9. The van der Waals surface area contributed by atoms with E-state index in [0.29, 0.717) is 18.0 Å². The number of halogens is 1. The van der Waals surface area contributed by atoms with Gasteiger partial charge in [0.1, 0.15) is 9.90 Å². The van der Waals surface area contributed by atoms with Gasteiger partial charge in [0.15, 0.2) is 0 Å². The maximum absolute atomic E-state index is 12.5. The van der Waals surface area contributed by atoms with Crippen LogP contribution in [0.4, 0.5) is 0 Å². The van der Waals surface area contributed by atoms with Crippen molar-refractivity contribution < 1.29 is 4.79 Å². The molecule has 0 spiro atoms. The number of aromatic nitrogens is 2. The topological polar surface area (TPSA) is 55.2 Å². The number of fused-ring (bicyclic) bond motifs is 1. The molecule has 1 aliphatic heterocycles. The summed E-state index contributed by atoms with van der Waals surface area (Å²) in [5, 5.41) is 1.10. The summed E-state index contributed by atoms with van der Waals surface area (Å²) in [6, 6.07) is 0. The average Bonchev–Trinajstić information content (AvgIpc) is 3.08. The third-order valence-electron chi connectivity index (χ3n) is 3.84. The van der Waals surface area contributed by atoms with Crippen LogP contribution >= 0.6 is 22.9 Å². The fourth-order valence-corrected chi connectivity index (χ4v) is 3.57. The van der Waals surface area contributed by atoms with Crippen LogP contribution in [0, 0.1) is 13.8 Å². The van der Waals surface area contributed by atoms with Gasteiger partial charge in [0.25, 0.3) is 11.5 Å². The Labute approximate surface area is 130 Å². The van der Waals surface area contributed by atoms with Crippen molar-refractivity contribution in [2.75, 3.05) is 0 Å². The fraction of sp³-hybridized carbons (Fsp3) is 0.357. The van der Waals surface area contributed by atoms with Crippen molar-refractivity contribution in [3.05, 3.63) is 48.3 Å². The van der Waals surface area contributed by atoms with Crippen LogP contribution in [0.15, 0.2) is 11.0 Å². The molecule has 2 aromatic rings. The highest BCUT2D eigenvalue weighted by atomic mass is 35.5. The van der Waals surface area contributed by atoms with E-state index in [9.17, 15) is 9.59 Å². The molecular formula is C14H14ClN3O2S. The zero-order chi connectivity index (χ0) is 15.3. The molecule has 0 unspecified atom stereocenters. The summed E-state index contributed by atoms with van der Waals surface area (Å²) in [4.78, 5) is 31.0. The van der Waals surface area contributed by atoms with Crippen LogP contribution < -0.4 is 5.56 Å². The molecule has 0 atom stereocenters. The normalized spacial score (nSPS) is 13.6. The molecule has 5 nitrogen and oxygen atoms in total. The van der Waals surface area contributed by atoms with E-state index in [0.717, 1.165) is 21.8 Å². The van der Waals surface area contributed by atoms with Gasteiger partial charge in [-0.1, -0.05) is 11.6 Å². The Balaban J connectivity index is 1.99. The lowest BCUT2D eigenvalue weighted by Gasteiger charge is -2.13. The number of amides is 1. The molecule has 7 heteroatoms. The molecule has 0 saturated carbocycles. The van der Waals surface area contributed by atoms with Gasteiger partial charge in [0, 0.05) is 19.3 Å². The van der Waals surface area contributed by atoms with Crippen LogP contribution in [0.2, 0.25) is 5.02 Å². The van der Waals surface area contributed by atoms with E-state index >= 15 is 0 Å². The lowest BCUT2D eigenvalue weighted by atomic mass is 10.1. The third kappa shape index (κ3) is 2.18. The van der Waals surface area contributed by atoms with Gasteiger partial charge in [-0.2, -0.15) is 0 Å². The molecule has 0 radical (unpaired) electrons. The van der Waals surface area contributed by atoms with E-state index in [1.54, 1.807) is 18.1 Å². The highest BCUT2D eigenvalue weighted by molar-refractivity contribution is 7.13. The van der Waals surface area contributed by atoms with Gasteiger partial charge in [0.2, 0.25) is 0 Å². The molecule has 0 N–H and O–H groups in total. The number of aryl methyl sites for hydroxylation is 1. The standard InChI is InChI=1S/C14H14ClN3O2S/c1-7-9-5-18(13(19)11-4-16-8(2)21-11)6-10(9)17(3)14(20)12(7)15/h4H,5-6H2,1-3H3. The Morgan fingerprint density at radius 1 is 1.38 bits per heavy atom. The lowest BCUT2D eigenvalue weighted by molar-refractivity contribution is 0.0754. The second kappa shape index (κ2) is 4.96. The van der Waals surface area contributed by atoms with Crippen molar-refractivity contribution in [1.29, 1.82) is 0 Å². The summed E-state index contributed by atoms with van der Waals surface area (Å²) in [5.74, 6) is -0.0558. The predicted octanol–water partition coefficient (Wildman–Crippen LogP) is 2.27. The lowest BCUT2D eigenvalue weighted by Crippen LogP contribution is -2.26. The van der Waals surface area contributed by atoms with Crippen LogP contribution in [0.3, 0.4) is 0 Å². The molecule has 3 heterocycles. The van der Waals surface area contributed by atoms with E-state index < -0.39 is 0 Å². The van der Waals surface area contributed by atoms with Gasteiger partial charge in [-0.25, -0.2) is 4.98 Å². The molecule has 3 rings (SSSR count). The Morgan fingerprint density at radius 3 is 2.71 bits per heavy atom. The van der Waals surface area contributed by atoms with Crippen LogP contribution in [0.1, 0.15) is 31.5 Å². The molecule has 0 aliphatic carbocycles. The first-order chi connectivity index (χ1) is 9.90. The molecule has 1 aliphatic rings. The average molecular weight is 324 g/mol. The van der Waals surface area contributed by atoms with E-state index in [4.69, 9.17) is 11.6 Å². The second-order valence-corrected chi connectivity index (χ2v) is 6.75. The number of nitrogens with zero attached hydrogens (tertiary/aromatic N) is 3. The second-order valence-electron chi connectivity index (χ2n) is 5.13. The zero-order valence-corrected chi connectivity index (χ0v) is 13.5. The smallest absolute Gasteiger partial charge is 0.269 e. The maximum Gasteiger partial charge on any atom is 0.269 e. The van der Waals surface area contributed by atoms with Crippen molar-refractivity contribution in [3.8, 4) is 0 Å². The first-order valence-electron chi connectivity index (χ1n) is 6.48. The molecule has 0 saturated heterocycles. The number of pyridine rings is 1. The molecule has 0 fully saturated rings. The Kier molecular flexibility index (Phi) is 3.37. The van der Waals surface area contributed by atoms with Gasteiger partial charge in [-0.3, -0.25) is 9.59 Å². The summed E-state index contributed by atoms with van der Waals surface area (Å²) < 4.78 is 1.54. The number of hydrogen-bond acceptors (Lipinski definition) is 4. The minimum absolute atomic E-state index is 0.0558. The van der Waals surface area contributed by atoms with Gasteiger partial charge in [-0.05, 0) is 25.0 Å². The minimum Gasteiger partial charge on any atom is -0.328 e. The largest absolute Gasteiger partial charge is 0.328 e. The third-order valence-corrected chi connectivity index (χ3v) is 5.18. The number of thiazole rings is 1. The summed E-state index contributed by atoms with van der Waals surface area (Å²) in [5.41, 5.74) is 2.38. The van der Waals surface area contributed by atoms with Crippen molar-refractivity contribution >= 4 is 28.8 Å². The van der Waals surface area contributed by atoms with Crippen LogP contribution in [-0.4, -0.2) is 20.4 Å². The summed E-state index contributed by atoms with van der Waals surface area (Å²) in [6.45, 7) is 4.60. The minimum atomic E-state index is -0.212. The highest BCUT2D eigenvalue weighted by Crippen LogP contribution is 2.29. The number of rotatable bonds is 1. The number of hydrogen-bond donors (Lipinski definition) is 0. The molecule has 110 valence electrons. The summed E-state index contributed by atoms with van der Waals surface area (Å²) in [7, 11) is 1.69. The fourth-order valence-electron chi connectivity index (χ4n) is 2.58. The van der Waals surface area contributed by atoms with Crippen molar-refractivity contribution in [2.45, 2.75) is 26.9 Å². The summed E-state index contributed by atoms with van der Waals surface area (Å²) in [6.07, 6.45) is 1.60. The molecule has 21 heavy (non-hydrogen) atoms. The molecule has 0 bridgehead atoms. The molecule has 2 aromatic heterocycles. The summed E-state index contributed by atoms with van der Waals surface area (Å²) >= 11 is 7.45. The van der Waals surface area contributed by atoms with Crippen molar-refractivity contribution in [1.82, 2.24) is 14.5 Å². The monoisotopic (exact) mass is 323 g/mol.